The molecule has 3 rings (SSSR count). The second kappa shape index (κ2) is 15.7. The van der Waals surface area contributed by atoms with E-state index < -0.39 is 11.7 Å². The minimum atomic E-state index is -1.18. The van der Waals surface area contributed by atoms with Crippen LogP contribution in [0.5, 0.6) is 11.5 Å². The van der Waals surface area contributed by atoms with E-state index in [-0.39, 0.29) is 23.8 Å². The molecule has 3 aromatic rings. The van der Waals surface area contributed by atoms with Crippen molar-refractivity contribution in [3.63, 3.8) is 0 Å². The van der Waals surface area contributed by atoms with Crippen molar-refractivity contribution in [1.29, 1.82) is 0 Å². The number of nitrogens with zero attached hydrogens (tertiary/aromatic N) is 1. The predicted molar refractivity (Wildman–Crippen MR) is 144 cm³/mol. The molecule has 0 spiro atoms. The second-order valence-electron chi connectivity index (χ2n) is 8.61. The molecule has 0 saturated carbocycles. The molecular weight excluding hydrogens is 486 g/mol. The Morgan fingerprint density at radius 2 is 1.58 bits per heavy atom. The molecule has 0 bridgehead atoms. The molecule has 0 radical (unpaired) electrons. The zero-order chi connectivity index (χ0) is 27.9. The number of carboxylic acid groups (broad SMARTS) is 1. The largest absolute Gasteiger partial charge is 0.872 e. The van der Waals surface area contributed by atoms with Gasteiger partial charge in [-0.2, -0.15) is 0 Å². The Balaban J connectivity index is 0.000000423. The number of amides is 2. The van der Waals surface area contributed by atoms with Crippen LogP contribution in [0, 0.1) is 0 Å². The lowest BCUT2D eigenvalue weighted by Gasteiger charge is -2.23. The smallest absolute Gasteiger partial charge is 0.335 e. The molecule has 3 aromatic carbocycles. The van der Waals surface area contributed by atoms with Gasteiger partial charge in [-0.25, -0.2) is 4.79 Å². The van der Waals surface area contributed by atoms with Crippen molar-refractivity contribution in [2.45, 2.75) is 13.3 Å². The van der Waals surface area contributed by atoms with Crippen LogP contribution < -0.4 is 25.0 Å². The van der Waals surface area contributed by atoms with E-state index in [9.17, 15) is 19.5 Å². The van der Waals surface area contributed by atoms with E-state index in [1.807, 2.05) is 63.5 Å². The van der Waals surface area contributed by atoms with Gasteiger partial charge in [0.05, 0.1) is 39.4 Å². The number of benzene rings is 3. The van der Waals surface area contributed by atoms with E-state index in [1.54, 1.807) is 17.0 Å². The summed E-state index contributed by atoms with van der Waals surface area (Å²) in [5, 5.41) is 22.0. The summed E-state index contributed by atoms with van der Waals surface area (Å²) in [6.45, 7) is 4.30. The van der Waals surface area contributed by atoms with Gasteiger partial charge in [0.15, 0.2) is 0 Å². The Bertz CT molecular complexity index is 1170. The number of nitrogens with one attached hydrogen (secondary N) is 2. The zero-order valence-electron chi connectivity index (χ0n) is 22.0. The molecule has 9 heteroatoms. The summed E-state index contributed by atoms with van der Waals surface area (Å²) >= 11 is 0. The topological polar surface area (TPSA) is 123 Å². The van der Waals surface area contributed by atoms with Gasteiger partial charge in [-0.05, 0) is 49.4 Å². The fraction of sp³-hybridized carbons (Fsp3) is 0.276. The van der Waals surface area contributed by atoms with Crippen molar-refractivity contribution in [3.05, 3.63) is 90.0 Å². The maximum atomic E-state index is 13.0. The van der Waals surface area contributed by atoms with Crippen LogP contribution in [0.4, 0.5) is 5.69 Å². The van der Waals surface area contributed by atoms with Crippen molar-refractivity contribution in [3.8, 4) is 11.5 Å². The summed E-state index contributed by atoms with van der Waals surface area (Å²) in [5.74, 6) is -1.06. The van der Waals surface area contributed by atoms with Crippen LogP contribution in [-0.4, -0.2) is 63.2 Å². The first-order valence-corrected chi connectivity index (χ1v) is 12.4. The van der Waals surface area contributed by atoms with E-state index in [2.05, 4.69) is 5.32 Å². The first-order chi connectivity index (χ1) is 18.2. The van der Waals surface area contributed by atoms with Crippen molar-refractivity contribution in [2.75, 3.05) is 45.2 Å². The normalized spacial score (nSPS) is 10.2. The molecule has 0 saturated heterocycles. The lowest BCUT2D eigenvalue weighted by molar-refractivity contribution is -0.856. The summed E-state index contributed by atoms with van der Waals surface area (Å²) in [4.78, 5) is 38.3. The van der Waals surface area contributed by atoms with Crippen molar-refractivity contribution in [1.82, 2.24) is 5.32 Å². The van der Waals surface area contributed by atoms with E-state index in [1.165, 1.54) is 29.2 Å². The van der Waals surface area contributed by atoms with Crippen LogP contribution in [0.2, 0.25) is 0 Å². The number of hydrogen-bond acceptors (Lipinski definition) is 5. The van der Waals surface area contributed by atoms with Crippen LogP contribution >= 0.6 is 0 Å². The van der Waals surface area contributed by atoms with Gasteiger partial charge in [-0.15, -0.1) is 0 Å². The Kier molecular flexibility index (Phi) is 12.3. The molecule has 3 N–H and O–H groups in total. The molecule has 202 valence electrons. The Hall–Kier alpha value is -4.37. The van der Waals surface area contributed by atoms with Gasteiger partial charge in [0.1, 0.15) is 5.75 Å². The summed E-state index contributed by atoms with van der Waals surface area (Å²) < 4.78 is 5.48. The first-order valence-electron chi connectivity index (χ1n) is 12.4. The summed E-state index contributed by atoms with van der Waals surface area (Å²) in [7, 11) is 4.08. The van der Waals surface area contributed by atoms with Gasteiger partial charge in [-0.1, -0.05) is 42.1 Å². The number of rotatable bonds is 11. The van der Waals surface area contributed by atoms with Gasteiger partial charge in [0.2, 0.25) is 5.91 Å². The first kappa shape index (κ1) is 29.9. The average molecular weight is 522 g/mol. The fourth-order valence-corrected chi connectivity index (χ4v) is 3.37. The number of hydrogen-bond donors (Lipinski definition) is 3. The second-order valence-corrected chi connectivity index (χ2v) is 8.61. The molecule has 38 heavy (non-hydrogen) atoms. The average Bonchev–Trinajstić information content (AvgIpc) is 2.90. The molecule has 0 aliphatic rings. The number of carbonyl (C=O) groups excluding carboxylic acids is 2. The maximum absolute atomic E-state index is 13.0. The number of carboxylic acids is 1. The van der Waals surface area contributed by atoms with E-state index in [4.69, 9.17) is 9.84 Å². The fourth-order valence-electron chi connectivity index (χ4n) is 3.37. The number of aromatic carboxylic acids is 1. The number of quaternary nitrogens is 1. The zero-order valence-corrected chi connectivity index (χ0v) is 22.0. The highest BCUT2D eigenvalue weighted by Crippen LogP contribution is 2.22. The maximum Gasteiger partial charge on any atom is 0.335 e. The number of likely N-dealkylation sites (N-methyl/N-ethyl adjacent to an activating group) is 1. The summed E-state index contributed by atoms with van der Waals surface area (Å²) in [5.41, 5.74) is 1.15. The predicted octanol–water partition coefficient (Wildman–Crippen LogP) is 1.84. The molecular formula is C29H35N3O6. The standard InChI is InChI=1S/C22H29N3O3.C7H6O3/c1-4-28-20-12-10-19(11-13-20)25(22(27)18-8-6-5-7-9-18)16-14-21(26)23-15-17-24(2)3;8-6-4-2-1-3-5(6)7(9)10/h5-13H,4,14-17H2,1-3H3,(H,23,26);1-4,8H,(H,9,10). The number of carbonyl (C=O) groups is 3. The third-order valence-electron chi connectivity index (χ3n) is 5.35. The van der Waals surface area contributed by atoms with E-state index in [0.29, 0.717) is 25.3 Å². The lowest BCUT2D eigenvalue weighted by Crippen LogP contribution is -3.06. The highest BCUT2D eigenvalue weighted by Gasteiger charge is 2.19. The molecule has 2 amide bonds. The van der Waals surface area contributed by atoms with Crippen molar-refractivity contribution < 1.29 is 34.2 Å². The van der Waals surface area contributed by atoms with Crippen LogP contribution in [0.25, 0.3) is 0 Å². The van der Waals surface area contributed by atoms with Crippen molar-refractivity contribution in [2.24, 2.45) is 0 Å². The third kappa shape index (κ3) is 9.94. The molecule has 9 nitrogen and oxygen atoms in total. The Labute approximate surface area is 223 Å². The minimum absolute atomic E-state index is 0.0574. The summed E-state index contributed by atoms with van der Waals surface area (Å²) in [6.07, 6.45) is 0.245. The SMILES string of the molecule is CCOc1ccc(N(CCC(=O)NCC[NH+](C)C)C(=O)c2ccccc2)cc1.O=C(O)c1ccccc1[O-]. The Morgan fingerprint density at radius 3 is 2.13 bits per heavy atom. The highest BCUT2D eigenvalue weighted by molar-refractivity contribution is 6.06. The van der Waals surface area contributed by atoms with Crippen LogP contribution in [0.1, 0.15) is 34.1 Å². The molecule has 0 aliphatic carbocycles. The number of ether oxygens (including phenoxy) is 1. The minimum Gasteiger partial charge on any atom is -0.872 e. The third-order valence-corrected chi connectivity index (χ3v) is 5.35. The van der Waals surface area contributed by atoms with E-state index >= 15 is 0 Å². The number of anilines is 1. The highest BCUT2D eigenvalue weighted by atomic mass is 16.5. The molecule has 0 atom stereocenters. The van der Waals surface area contributed by atoms with Gasteiger partial charge in [-0.3, -0.25) is 9.59 Å². The van der Waals surface area contributed by atoms with Crippen LogP contribution in [0.15, 0.2) is 78.9 Å². The van der Waals surface area contributed by atoms with Crippen LogP contribution in [0.3, 0.4) is 0 Å². The quantitative estimate of drug-likeness (QED) is 0.354. The Morgan fingerprint density at radius 1 is 0.947 bits per heavy atom. The monoisotopic (exact) mass is 521 g/mol. The van der Waals surface area contributed by atoms with Crippen molar-refractivity contribution >= 4 is 23.5 Å². The van der Waals surface area contributed by atoms with Gasteiger partial charge < -0.3 is 30.1 Å². The molecule has 0 aliphatic heterocycles. The van der Waals surface area contributed by atoms with Gasteiger partial charge in [0, 0.05) is 24.2 Å². The molecule has 0 heterocycles. The van der Waals surface area contributed by atoms with E-state index in [0.717, 1.165) is 18.0 Å². The molecule has 0 unspecified atom stereocenters. The molecule has 0 aromatic heterocycles. The van der Waals surface area contributed by atoms with Gasteiger partial charge >= 0.3 is 5.97 Å². The lowest BCUT2D eigenvalue weighted by atomic mass is 10.1. The van der Waals surface area contributed by atoms with Gasteiger partial charge in [0.25, 0.3) is 5.91 Å². The summed E-state index contributed by atoms with van der Waals surface area (Å²) in [6, 6.07) is 22.0. The van der Waals surface area contributed by atoms with Crippen LogP contribution in [-0.2, 0) is 4.79 Å². The number of para-hydroxylation sites is 1. The molecule has 0 fully saturated rings.